The Labute approximate surface area is 60.2 Å². The number of hydrogen-bond donors (Lipinski definition) is 1. The van der Waals surface area contributed by atoms with E-state index in [-0.39, 0.29) is 0 Å². The number of nitrogens with two attached hydrogens (primary N) is 1. The van der Waals surface area contributed by atoms with Gasteiger partial charge in [0, 0.05) is 18.9 Å². The summed E-state index contributed by atoms with van der Waals surface area (Å²) in [6.07, 6.45) is 5.45. The van der Waals surface area contributed by atoms with Crippen LogP contribution in [0.5, 0.6) is 0 Å². The fourth-order valence-electron chi connectivity index (χ4n) is 0.835. The van der Waals surface area contributed by atoms with Crippen LogP contribution in [0.15, 0.2) is 25.0 Å². The van der Waals surface area contributed by atoms with Gasteiger partial charge in [-0.05, 0) is 0 Å². The van der Waals surface area contributed by atoms with Gasteiger partial charge in [-0.2, -0.15) is 0 Å². The summed E-state index contributed by atoms with van der Waals surface area (Å²) in [5.41, 5.74) is 5.41. The average molecular weight is 137 g/mol. The first-order chi connectivity index (χ1) is 4.88. The van der Waals surface area contributed by atoms with E-state index >= 15 is 0 Å². The normalized spacial score (nSPS) is 9.70. The van der Waals surface area contributed by atoms with Crippen molar-refractivity contribution in [2.45, 2.75) is 13.1 Å². The first kappa shape index (κ1) is 7.02. The molecular weight excluding hydrogens is 126 g/mol. The van der Waals surface area contributed by atoms with E-state index in [1.165, 1.54) is 0 Å². The molecule has 1 aromatic heterocycles. The molecule has 0 unspecified atom stereocenters. The summed E-state index contributed by atoms with van der Waals surface area (Å²) in [6, 6.07) is 0. The van der Waals surface area contributed by atoms with Crippen molar-refractivity contribution in [2.24, 2.45) is 5.73 Å². The number of hydrogen-bond acceptors (Lipinski definition) is 2. The predicted molar refractivity (Wildman–Crippen MR) is 40.3 cm³/mol. The molecule has 0 aliphatic heterocycles. The van der Waals surface area contributed by atoms with Gasteiger partial charge in [0.15, 0.2) is 0 Å². The SMILES string of the molecule is C=CCn1ccnc1CN. The van der Waals surface area contributed by atoms with E-state index in [0.717, 1.165) is 12.4 Å². The standard InChI is InChI=1S/C7H11N3/c1-2-4-10-5-3-9-7(10)6-8/h2-3,5H,1,4,6,8H2. The molecular formula is C7H11N3. The molecule has 0 amide bonds. The molecule has 0 bridgehead atoms. The molecule has 0 fully saturated rings. The van der Waals surface area contributed by atoms with Gasteiger partial charge in [-0.1, -0.05) is 6.08 Å². The highest BCUT2D eigenvalue weighted by Gasteiger charge is 1.95. The Hall–Kier alpha value is -1.09. The molecule has 0 atom stereocenters. The molecule has 0 spiro atoms. The van der Waals surface area contributed by atoms with Crippen LogP contribution in [-0.2, 0) is 13.1 Å². The van der Waals surface area contributed by atoms with Crippen LogP contribution in [0.3, 0.4) is 0 Å². The van der Waals surface area contributed by atoms with Crippen LogP contribution in [-0.4, -0.2) is 9.55 Å². The Kier molecular flexibility index (Phi) is 2.23. The number of allylic oxidation sites excluding steroid dienone is 1. The summed E-state index contributed by atoms with van der Waals surface area (Å²) in [6.45, 7) is 4.89. The Morgan fingerprint density at radius 1 is 1.80 bits per heavy atom. The third-order valence-corrected chi connectivity index (χ3v) is 1.31. The van der Waals surface area contributed by atoms with Crippen LogP contribution < -0.4 is 5.73 Å². The van der Waals surface area contributed by atoms with E-state index in [9.17, 15) is 0 Å². The van der Waals surface area contributed by atoms with Crippen molar-refractivity contribution < 1.29 is 0 Å². The monoisotopic (exact) mass is 137 g/mol. The largest absolute Gasteiger partial charge is 0.330 e. The van der Waals surface area contributed by atoms with Crippen molar-refractivity contribution in [3.05, 3.63) is 30.9 Å². The van der Waals surface area contributed by atoms with Gasteiger partial charge < -0.3 is 10.3 Å². The first-order valence-corrected chi connectivity index (χ1v) is 3.19. The molecule has 10 heavy (non-hydrogen) atoms. The topological polar surface area (TPSA) is 43.8 Å². The molecule has 0 aliphatic rings. The van der Waals surface area contributed by atoms with Gasteiger partial charge in [0.25, 0.3) is 0 Å². The predicted octanol–water partition coefficient (Wildman–Crippen LogP) is 0.528. The van der Waals surface area contributed by atoms with Gasteiger partial charge in [0.1, 0.15) is 5.82 Å². The minimum atomic E-state index is 0.487. The Balaban J connectivity index is 2.79. The van der Waals surface area contributed by atoms with Gasteiger partial charge in [0.2, 0.25) is 0 Å². The maximum atomic E-state index is 5.41. The number of nitrogens with zero attached hydrogens (tertiary/aromatic N) is 2. The second-order valence-electron chi connectivity index (χ2n) is 1.99. The van der Waals surface area contributed by atoms with Crippen molar-refractivity contribution >= 4 is 0 Å². The first-order valence-electron chi connectivity index (χ1n) is 3.19. The highest BCUT2D eigenvalue weighted by molar-refractivity contribution is 4.93. The summed E-state index contributed by atoms with van der Waals surface area (Å²) in [5, 5.41) is 0. The zero-order valence-electron chi connectivity index (χ0n) is 5.83. The lowest BCUT2D eigenvalue weighted by Crippen LogP contribution is -2.06. The molecule has 0 saturated carbocycles. The Morgan fingerprint density at radius 2 is 2.60 bits per heavy atom. The van der Waals surface area contributed by atoms with Crippen LogP contribution in [0.2, 0.25) is 0 Å². The van der Waals surface area contributed by atoms with E-state index in [4.69, 9.17) is 5.73 Å². The van der Waals surface area contributed by atoms with Crippen LogP contribution >= 0.6 is 0 Å². The van der Waals surface area contributed by atoms with Crippen LogP contribution in [0.25, 0.3) is 0 Å². The molecule has 0 radical (unpaired) electrons. The molecule has 1 rings (SSSR count). The molecule has 3 nitrogen and oxygen atoms in total. The third kappa shape index (κ3) is 1.25. The Bertz CT molecular complexity index is 214. The molecule has 54 valence electrons. The van der Waals surface area contributed by atoms with E-state index in [0.29, 0.717) is 6.54 Å². The number of rotatable bonds is 3. The van der Waals surface area contributed by atoms with Crippen molar-refractivity contribution in [3.8, 4) is 0 Å². The minimum Gasteiger partial charge on any atom is -0.330 e. The molecule has 1 aromatic rings. The molecule has 3 heteroatoms. The van der Waals surface area contributed by atoms with Crippen LogP contribution in [0.4, 0.5) is 0 Å². The average Bonchev–Trinajstić information content (AvgIpc) is 2.36. The quantitative estimate of drug-likeness (QED) is 0.617. The zero-order chi connectivity index (χ0) is 7.40. The second-order valence-corrected chi connectivity index (χ2v) is 1.99. The third-order valence-electron chi connectivity index (χ3n) is 1.31. The van der Waals surface area contributed by atoms with Gasteiger partial charge in [-0.25, -0.2) is 4.98 Å². The van der Waals surface area contributed by atoms with Gasteiger partial charge in [0.05, 0.1) is 6.54 Å². The van der Waals surface area contributed by atoms with E-state index in [2.05, 4.69) is 11.6 Å². The molecule has 0 aromatic carbocycles. The van der Waals surface area contributed by atoms with Crippen molar-refractivity contribution in [1.82, 2.24) is 9.55 Å². The van der Waals surface area contributed by atoms with Crippen molar-refractivity contribution in [1.29, 1.82) is 0 Å². The van der Waals surface area contributed by atoms with Crippen LogP contribution in [0, 0.1) is 0 Å². The Morgan fingerprint density at radius 3 is 3.20 bits per heavy atom. The van der Waals surface area contributed by atoms with E-state index in [1.54, 1.807) is 6.20 Å². The lowest BCUT2D eigenvalue weighted by atomic mass is 10.5. The summed E-state index contributed by atoms with van der Waals surface area (Å²) < 4.78 is 1.97. The maximum absolute atomic E-state index is 5.41. The smallest absolute Gasteiger partial charge is 0.122 e. The fourth-order valence-corrected chi connectivity index (χ4v) is 0.835. The fraction of sp³-hybridized carbons (Fsp3) is 0.286. The van der Waals surface area contributed by atoms with Gasteiger partial charge in [-0.3, -0.25) is 0 Å². The summed E-state index contributed by atoms with van der Waals surface area (Å²) >= 11 is 0. The number of imidazole rings is 1. The van der Waals surface area contributed by atoms with Crippen LogP contribution in [0.1, 0.15) is 5.82 Å². The maximum Gasteiger partial charge on any atom is 0.122 e. The molecule has 0 saturated heterocycles. The van der Waals surface area contributed by atoms with E-state index < -0.39 is 0 Å². The molecule has 2 N–H and O–H groups in total. The van der Waals surface area contributed by atoms with E-state index in [1.807, 2.05) is 16.8 Å². The summed E-state index contributed by atoms with van der Waals surface area (Å²) in [7, 11) is 0. The van der Waals surface area contributed by atoms with Crippen molar-refractivity contribution in [2.75, 3.05) is 0 Å². The second kappa shape index (κ2) is 3.17. The summed E-state index contributed by atoms with van der Waals surface area (Å²) in [4.78, 5) is 4.04. The van der Waals surface area contributed by atoms with Crippen molar-refractivity contribution in [3.63, 3.8) is 0 Å². The van der Waals surface area contributed by atoms with Gasteiger partial charge in [-0.15, -0.1) is 6.58 Å². The molecule has 0 aliphatic carbocycles. The highest BCUT2D eigenvalue weighted by atomic mass is 15.1. The lowest BCUT2D eigenvalue weighted by molar-refractivity contribution is 0.739. The molecule has 1 heterocycles. The highest BCUT2D eigenvalue weighted by Crippen LogP contribution is 1.95. The minimum absolute atomic E-state index is 0.487. The zero-order valence-corrected chi connectivity index (χ0v) is 5.83. The number of aromatic nitrogens is 2. The summed E-state index contributed by atoms with van der Waals surface area (Å²) in [5.74, 6) is 0.903. The lowest BCUT2D eigenvalue weighted by Gasteiger charge is -1.99. The van der Waals surface area contributed by atoms with Gasteiger partial charge >= 0.3 is 0 Å².